The first-order valence-corrected chi connectivity index (χ1v) is 9.77. The van der Waals surface area contributed by atoms with E-state index in [1.807, 2.05) is 49.4 Å². The van der Waals surface area contributed by atoms with Crippen LogP contribution < -0.4 is 16.0 Å². The predicted molar refractivity (Wildman–Crippen MR) is 115 cm³/mol. The first kappa shape index (κ1) is 21.0. The Morgan fingerprint density at radius 3 is 2.50 bits per heavy atom. The molecule has 0 heterocycles. The lowest BCUT2D eigenvalue weighted by Crippen LogP contribution is -2.56. The number of anilines is 1. The predicted octanol–water partition coefficient (Wildman–Crippen LogP) is 5.13. The fraction of sp³-hybridized carbons (Fsp3) is 0.333. The second-order valence-corrected chi connectivity index (χ2v) is 8.55. The zero-order valence-electron chi connectivity index (χ0n) is 14.2. The van der Waals surface area contributed by atoms with Crippen LogP contribution in [-0.2, 0) is 4.79 Å². The molecule has 0 fully saturated rings. The molecule has 0 saturated heterocycles. The highest BCUT2D eigenvalue weighted by Gasteiger charge is 2.34. The van der Waals surface area contributed by atoms with Crippen molar-refractivity contribution in [2.45, 2.75) is 36.1 Å². The van der Waals surface area contributed by atoms with E-state index in [-0.39, 0.29) is 11.0 Å². The molecule has 0 radical (unpaired) electrons. The lowest BCUT2D eigenvalue weighted by Gasteiger charge is -2.28. The van der Waals surface area contributed by atoms with E-state index in [1.54, 1.807) is 0 Å². The smallest absolute Gasteiger partial charge is 0.228 e. The van der Waals surface area contributed by atoms with E-state index in [1.165, 1.54) is 0 Å². The van der Waals surface area contributed by atoms with Crippen LogP contribution in [0.15, 0.2) is 42.5 Å². The van der Waals surface area contributed by atoms with Crippen molar-refractivity contribution in [3.05, 3.63) is 42.5 Å². The summed E-state index contributed by atoms with van der Waals surface area (Å²) in [6, 6.07) is 13.7. The van der Waals surface area contributed by atoms with Crippen molar-refractivity contribution in [1.29, 1.82) is 0 Å². The average Bonchev–Trinajstić information content (AvgIpc) is 2.59. The molecule has 3 N–H and O–H groups in total. The van der Waals surface area contributed by atoms with E-state index in [0.29, 0.717) is 6.42 Å². The molecule has 26 heavy (non-hydrogen) atoms. The summed E-state index contributed by atoms with van der Waals surface area (Å²) in [5, 5.41) is 11.0. The number of nitrogens with one attached hydrogen (secondary N) is 3. The Bertz CT molecular complexity index is 774. The van der Waals surface area contributed by atoms with Crippen molar-refractivity contribution in [1.82, 2.24) is 10.6 Å². The normalized spacial score (nSPS) is 12.5. The van der Waals surface area contributed by atoms with Gasteiger partial charge in [-0.2, -0.15) is 0 Å². The molecule has 4 nitrogen and oxygen atoms in total. The Balaban J connectivity index is 2.08. The number of benzene rings is 2. The third-order valence-electron chi connectivity index (χ3n) is 3.70. The minimum absolute atomic E-state index is 0.205. The van der Waals surface area contributed by atoms with Crippen LogP contribution in [-0.4, -0.2) is 21.0 Å². The lowest BCUT2D eigenvalue weighted by atomic mass is 10.1. The molecule has 1 atom stereocenters. The van der Waals surface area contributed by atoms with E-state index in [4.69, 9.17) is 47.0 Å². The van der Waals surface area contributed by atoms with Crippen molar-refractivity contribution in [2.24, 2.45) is 0 Å². The van der Waals surface area contributed by atoms with Crippen molar-refractivity contribution in [2.75, 3.05) is 5.32 Å². The number of rotatable bonds is 6. The van der Waals surface area contributed by atoms with Crippen LogP contribution in [0.2, 0.25) is 0 Å². The maximum Gasteiger partial charge on any atom is 0.228 e. The van der Waals surface area contributed by atoms with Gasteiger partial charge < -0.3 is 16.0 Å². The highest BCUT2D eigenvalue weighted by atomic mass is 35.6. The van der Waals surface area contributed by atoms with Gasteiger partial charge in [0.05, 0.1) is 0 Å². The summed E-state index contributed by atoms with van der Waals surface area (Å²) in [7, 11) is 0. The third kappa shape index (κ3) is 6.16. The Morgan fingerprint density at radius 1 is 1.12 bits per heavy atom. The molecule has 0 unspecified atom stereocenters. The minimum atomic E-state index is -1.76. The summed E-state index contributed by atoms with van der Waals surface area (Å²) in [5.74, 6) is -0.205. The van der Waals surface area contributed by atoms with Gasteiger partial charge >= 0.3 is 0 Å². The van der Waals surface area contributed by atoms with E-state index < -0.39 is 9.96 Å². The molecule has 0 aromatic heterocycles. The average molecular weight is 433 g/mol. The van der Waals surface area contributed by atoms with Crippen LogP contribution in [0.1, 0.15) is 26.2 Å². The number of fused-ring (bicyclic) bond motifs is 1. The largest absolute Gasteiger partial charge is 0.339 e. The Hall–Kier alpha value is -1.27. The summed E-state index contributed by atoms with van der Waals surface area (Å²) in [5.41, 5.74) is 0.820. The second kappa shape index (κ2) is 9.60. The van der Waals surface area contributed by atoms with Crippen LogP contribution in [0, 0.1) is 0 Å². The van der Waals surface area contributed by atoms with Gasteiger partial charge in [-0.3, -0.25) is 4.79 Å². The maximum absolute atomic E-state index is 12.0. The first-order chi connectivity index (χ1) is 12.3. The van der Waals surface area contributed by atoms with Crippen LogP contribution in [0.5, 0.6) is 0 Å². The molecule has 0 aliphatic rings. The minimum Gasteiger partial charge on any atom is -0.339 e. The molecule has 8 heteroatoms. The summed E-state index contributed by atoms with van der Waals surface area (Å²) in [6.07, 6.45) is 1.07. The molecular weight excluding hydrogens is 413 g/mol. The summed E-state index contributed by atoms with van der Waals surface area (Å²) >= 11 is 23.3. The number of hydrogen-bond donors (Lipinski definition) is 3. The highest BCUT2D eigenvalue weighted by Crippen LogP contribution is 2.29. The van der Waals surface area contributed by atoms with Gasteiger partial charge in [-0.1, -0.05) is 84.5 Å². The number of carbonyl (C=O) groups excluding carboxylic acids is 1. The van der Waals surface area contributed by atoms with Crippen LogP contribution in [0.25, 0.3) is 10.8 Å². The van der Waals surface area contributed by atoms with E-state index in [2.05, 4.69) is 16.0 Å². The molecule has 0 spiro atoms. The topological polar surface area (TPSA) is 53.2 Å². The summed E-state index contributed by atoms with van der Waals surface area (Å²) in [6.45, 7) is 2.00. The molecule has 0 aliphatic heterocycles. The van der Waals surface area contributed by atoms with Gasteiger partial charge in [0, 0.05) is 17.5 Å². The van der Waals surface area contributed by atoms with Gasteiger partial charge in [0.25, 0.3) is 0 Å². The zero-order valence-corrected chi connectivity index (χ0v) is 17.3. The number of hydrogen-bond acceptors (Lipinski definition) is 2. The monoisotopic (exact) mass is 431 g/mol. The van der Waals surface area contributed by atoms with Crippen LogP contribution in [0.3, 0.4) is 0 Å². The summed E-state index contributed by atoms with van der Waals surface area (Å²) in [4.78, 5) is 12.0. The third-order valence-corrected chi connectivity index (χ3v) is 4.58. The molecule has 2 rings (SSSR count). The number of halogens is 3. The quantitative estimate of drug-likeness (QED) is 0.336. The standard InChI is InChI=1S/C18H20Cl3N3OS/c1-2-3-11-15(25)23-16(18(19,20)21)24-17(26)22-14-10-6-8-12-7-4-5-9-13(12)14/h4-10,16H,2-3,11H2,1H3,(H,23,25)(H2,22,24,26)/t16-/m1/s1. The fourth-order valence-electron chi connectivity index (χ4n) is 2.39. The first-order valence-electron chi connectivity index (χ1n) is 8.22. The Labute approximate surface area is 173 Å². The molecule has 0 saturated carbocycles. The number of carbonyl (C=O) groups is 1. The van der Waals surface area contributed by atoms with Crippen LogP contribution in [0.4, 0.5) is 5.69 Å². The Kier molecular flexibility index (Phi) is 7.77. The number of alkyl halides is 3. The molecule has 0 bridgehead atoms. The van der Waals surface area contributed by atoms with Crippen molar-refractivity contribution < 1.29 is 4.79 Å². The lowest BCUT2D eigenvalue weighted by molar-refractivity contribution is -0.122. The molecule has 1 amide bonds. The number of unbranched alkanes of at least 4 members (excludes halogenated alkanes) is 1. The van der Waals surface area contributed by atoms with Gasteiger partial charge in [0.2, 0.25) is 9.70 Å². The molecule has 0 aliphatic carbocycles. The SMILES string of the molecule is CCCCC(=O)N[C@H](NC(=S)Nc1cccc2ccccc12)C(Cl)(Cl)Cl. The van der Waals surface area contributed by atoms with Gasteiger partial charge in [0.15, 0.2) is 5.11 Å². The molecular formula is C18H20Cl3N3OS. The second-order valence-electron chi connectivity index (χ2n) is 5.77. The number of amides is 1. The summed E-state index contributed by atoms with van der Waals surface area (Å²) < 4.78 is -1.76. The van der Waals surface area contributed by atoms with E-state index >= 15 is 0 Å². The van der Waals surface area contributed by atoms with Gasteiger partial charge in [-0.15, -0.1) is 0 Å². The van der Waals surface area contributed by atoms with E-state index in [0.717, 1.165) is 29.3 Å². The van der Waals surface area contributed by atoms with Crippen molar-refractivity contribution in [3.63, 3.8) is 0 Å². The number of thiocarbonyl (C=S) groups is 1. The van der Waals surface area contributed by atoms with Gasteiger partial charge in [-0.05, 0) is 30.1 Å². The molecule has 2 aromatic carbocycles. The molecule has 140 valence electrons. The molecule has 2 aromatic rings. The van der Waals surface area contributed by atoms with Gasteiger partial charge in [0.1, 0.15) is 6.17 Å². The van der Waals surface area contributed by atoms with E-state index in [9.17, 15) is 4.79 Å². The maximum atomic E-state index is 12.0. The van der Waals surface area contributed by atoms with Gasteiger partial charge in [-0.25, -0.2) is 0 Å². The highest BCUT2D eigenvalue weighted by molar-refractivity contribution is 7.80. The van der Waals surface area contributed by atoms with Crippen molar-refractivity contribution >= 4 is 74.5 Å². The Morgan fingerprint density at radius 2 is 1.81 bits per heavy atom. The zero-order chi connectivity index (χ0) is 19.2. The van der Waals surface area contributed by atoms with Crippen molar-refractivity contribution in [3.8, 4) is 0 Å². The fourth-order valence-corrected chi connectivity index (χ4v) is 2.95. The van der Waals surface area contributed by atoms with Crippen LogP contribution >= 0.6 is 47.0 Å².